The lowest BCUT2D eigenvalue weighted by molar-refractivity contribution is 0.102. The number of rotatable bonds is 6. The summed E-state index contributed by atoms with van der Waals surface area (Å²) in [6.07, 6.45) is 1.78. The molecule has 0 unspecified atom stereocenters. The highest BCUT2D eigenvalue weighted by Crippen LogP contribution is 2.25. The van der Waals surface area contributed by atoms with E-state index in [-0.39, 0.29) is 5.91 Å². The van der Waals surface area contributed by atoms with Crippen LogP contribution in [0, 0.1) is 13.8 Å². The summed E-state index contributed by atoms with van der Waals surface area (Å²) in [7, 11) is 0. The summed E-state index contributed by atoms with van der Waals surface area (Å²) < 4.78 is 4.21. The summed E-state index contributed by atoms with van der Waals surface area (Å²) in [5, 5.41) is 13.5. The van der Waals surface area contributed by atoms with Gasteiger partial charge in [0.2, 0.25) is 0 Å². The van der Waals surface area contributed by atoms with Gasteiger partial charge in [-0.05, 0) is 65.2 Å². The predicted octanol–water partition coefficient (Wildman–Crippen LogP) is 6.77. The molecule has 4 rings (SSSR count). The van der Waals surface area contributed by atoms with Crippen LogP contribution in [0.25, 0.3) is 0 Å². The minimum atomic E-state index is -0.258. The zero-order valence-corrected chi connectivity index (χ0v) is 21.6. The third-order valence-corrected chi connectivity index (χ3v) is 6.85. The molecule has 0 aliphatic rings. The number of nitrogens with zero attached hydrogens (tertiary/aromatic N) is 4. The number of aromatic nitrogens is 4. The van der Waals surface area contributed by atoms with Gasteiger partial charge in [-0.1, -0.05) is 53.0 Å². The van der Waals surface area contributed by atoms with Gasteiger partial charge in [-0.2, -0.15) is 10.2 Å². The molecule has 4 aromatic rings. The first-order valence-corrected chi connectivity index (χ1v) is 11.9. The van der Waals surface area contributed by atoms with Gasteiger partial charge in [-0.25, -0.2) is 0 Å². The number of benzene rings is 2. The molecule has 0 atom stereocenters. The molecule has 10 heteroatoms. The fourth-order valence-corrected chi connectivity index (χ4v) is 4.35. The molecule has 0 radical (unpaired) electrons. The number of carbonyl (C=O) groups is 1. The van der Waals surface area contributed by atoms with Crippen molar-refractivity contribution in [3.63, 3.8) is 0 Å². The fraction of sp³-hybridized carbons (Fsp3) is 0.174. The third kappa shape index (κ3) is 5.44. The average molecular weight is 568 g/mol. The zero-order chi connectivity index (χ0) is 23.7. The molecule has 2 aromatic heterocycles. The Balaban J connectivity index is 1.43. The molecule has 0 aliphatic carbocycles. The first-order valence-electron chi connectivity index (χ1n) is 9.98. The van der Waals surface area contributed by atoms with Crippen molar-refractivity contribution in [2.24, 2.45) is 0 Å². The highest BCUT2D eigenvalue weighted by atomic mass is 79.9. The topological polar surface area (TPSA) is 64.7 Å². The van der Waals surface area contributed by atoms with E-state index in [4.69, 9.17) is 34.8 Å². The number of carbonyl (C=O) groups excluding carboxylic acids is 1. The van der Waals surface area contributed by atoms with Gasteiger partial charge >= 0.3 is 0 Å². The molecule has 6 nitrogen and oxygen atoms in total. The van der Waals surface area contributed by atoms with E-state index in [1.807, 2.05) is 36.7 Å². The number of hydrogen-bond acceptors (Lipinski definition) is 3. The molecule has 0 saturated heterocycles. The van der Waals surface area contributed by atoms with Crippen LogP contribution in [0.2, 0.25) is 15.1 Å². The Hall–Kier alpha value is -2.32. The Labute approximate surface area is 214 Å². The highest BCUT2D eigenvalue weighted by Gasteiger charge is 2.14. The van der Waals surface area contributed by atoms with E-state index < -0.39 is 0 Å². The lowest BCUT2D eigenvalue weighted by Crippen LogP contribution is -2.13. The monoisotopic (exact) mass is 565 g/mol. The molecule has 170 valence electrons. The largest absolute Gasteiger partial charge is 0.304 e. The first-order chi connectivity index (χ1) is 15.7. The van der Waals surface area contributed by atoms with Crippen molar-refractivity contribution in [2.75, 3.05) is 5.32 Å². The van der Waals surface area contributed by atoms with Crippen LogP contribution < -0.4 is 5.32 Å². The van der Waals surface area contributed by atoms with Crippen LogP contribution in [0.5, 0.6) is 0 Å². The van der Waals surface area contributed by atoms with E-state index in [1.54, 1.807) is 35.1 Å². The number of halogens is 4. The van der Waals surface area contributed by atoms with Gasteiger partial charge in [-0.15, -0.1) is 0 Å². The molecular formula is C23H19BrCl3N5O. The van der Waals surface area contributed by atoms with Crippen molar-refractivity contribution in [3.05, 3.63) is 96.3 Å². The molecule has 2 heterocycles. The van der Waals surface area contributed by atoms with Crippen LogP contribution in [0.3, 0.4) is 0 Å². The maximum atomic E-state index is 12.7. The lowest BCUT2D eigenvalue weighted by Gasteiger charge is -2.07. The number of amides is 1. The van der Waals surface area contributed by atoms with Crippen molar-refractivity contribution < 1.29 is 4.79 Å². The second-order valence-corrected chi connectivity index (χ2v) is 9.63. The smallest absolute Gasteiger partial charge is 0.256 e. The van der Waals surface area contributed by atoms with Crippen LogP contribution in [-0.2, 0) is 13.1 Å². The van der Waals surface area contributed by atoms with E-state index in [1.165, 1.54) is 0 Å². The fourth-order valence-electron chi connectivity index (χ4n) is 3.33. The molecule has 0 saturated carbocycles. The van der Waals surface area contributed by atoms with Crippen LogP contribution >= 0.6 is 50.7 Å². The summed E-state index contributed by atoms with van der Waals surface area (Å²) in [6, 6.07) is 12.7. The van der Waals surface area contributed by atoms with E-state index in [0.717, 1.165) is 22.5 Å². The van der Waals surface area contributed by atoms with Crippen LogP contribution in [-0.4, -0.2) is 25.5 Å². The number of nitrogens with one attached hydrogen (secondary N) is 1. The number of aryl methyl sites for hydroxylation is 1. The first kappa shape index (κ1) is 23.8. The Kier molecular flexibility index (Phi) is 7.14. The third-order valence-electron chi connectivity index (χ3n) is 5.14. The standard InChI is InChI=1S/C23H19BrCl3N5O/c1-13-21(27)14(2)32(29-13)10-15-3-5-16(6-4-15)23(33)28-22-19(24)12-31(30-22)11-17-7-8-18(25)9-20(17)26/h3-9,12H,10-11H2,1-2H3,(H,28,30,33). The predicted molar refractivity (Wildman–Crippen MR) is 136 cm³/mol. The van der Waals surface area contributed by atoms with Crippen molar-refractivity contribution in [2.45, 2.75) is 26.9 Å². The Morgan fingerprint density at radius 2 is 1.76 bits per heavy atom. The van der Waals surface area contributed by atoms with Gasteiger partial charge in [0.15, 0.2) is 5.82 Å². The van der Waals surface area contributed by atoms with Gasteiger partial charge in [0.05, 0.1) is 34.0 Å². The summed E-state index contributed by atoms with van der Waals surface area (Å²) in [6.45, 7) is 4.82. The maximum Gasteiger partial charge on any atom is 0.256 e. The minimum Gasteiger partial charge on any atom is -0.304 e. The van der Waals surface area contributed by atoms with Crippen LogP contribution in [0.15, 0.2) is 53.1 Å². The molecule has 0 bridgehead atoms. The number of hydrogen-bond donors (Lipinski definition) is 1. The summed E-state index contributed by atoms with van der Waals surface area (Å²) in [5.74, 6) is 0.164. The second-order valence-electron chi connectivity index (χ2n) is 7.55. The van der Waals surface area contributed by atoms with E-state index in [0.29, 0.717) is 44.0 Å². The van der Waals surface area contributed by atoms with Crippen molar-refractivity contribution in [1.82, 2.24) is 19.6 Å². The minimum absolute atomic E-state index is 0.258. The van der Waals surface area contributed by atoms with Crippen LogP contribution in [0.4, 0.5) is 5.82 Å². The van der Waals surface area contributed by atoms with Crippen molar-refractivity contribution >= 4 is 62.5 Å². The van der Waals surface area contributed by atoms with E-state index in [2.05, 4.69) is 31.4 Å². The Morgan fingerprint density at radius 3 is 2.39 bits per heavy atom. The summed E-state index contributed by atoms with van der Waals surface area (Å²) in [4.78, 5) is 12.7. The van der Waals surface area contributed by atoms with Crippen molar-refractivity contribution in [1.29, 1.82) is 0 Å². The summed E-state index contributed by atoms with van der Waals surface area (Å²) >= 11 is 21.9. The van der Waals surface area contributed by atoms with E-state index in [9.17, 15) is 4.79 Å². The second kappa shape index (κ2) is 9.89. The quantitative estimate of drug-likeness (QED) is 0.280. The van der Waals surface area contributed by atoms with E-state index >= 15 is 0 Å². The summed E-state index contributed by atoms with van der Waals surface area (Å²) in [5.41, 5.74) is 4.12. The molecular weight excluding hydrogens is 549 g/mol. The average Bonchev–Trinajstić information content (AvgIpc) is 3.24. The molecule has 0 fully saturated rings. The van der Waals surface area contributed by atoms with Crippen LogP contribution in [0.1, 0.15) is 32.9 Å². The Bertz CT molecular complexity index is 1330. The molecule has 0 aliphatic heterocycles. The van der Waals surface area contributed by atoms with Gasteiger partial charge in [0.1, 0.15) is 0 Å². The molecule has 1 N–H and O–H groups in total. The number of anilines is 1. The van der Waals surface area contributed by atoms with Gasteiger partial charge in [0, 0.05) is 21.8 Å². The molecule has 2 aromatic carbocycles. The normalized spacial score (nSPS) is 11.1. The molecule has 0 spiro atoms. The highest BCUT2D eigenvalue weighted by molar-refractivity contribution is 9.10. The van der Waals surface area contributed by atoms with Gasteiger partial charge < -0.3 is 5.32 Å². The zero-order valence-electron chi connectivity index (χ0n) is 17.7. The maximum absolute atomic E-state index is 12.7. The van der Waals surface area contributed by atoms with Crippen molar-refractivity contribution in [3.8, 4) is 0 Å². The molecule has 33 heavy (non-hydrogen) atoms. The lowest BCUT2D eigenvalue weighted by atomic mass is 10.1. The molecule has 1 amide bonds. The SMILES string of the molecule is Cc1nn(Cc2ccc(C(=O)Nc3nn(Cc4ccc(Cl)cc4Cl)cc3Br)cc2)c(C)c1Cl. The Morgan fingerprint density at radius 1 is 1.03 bits per heavy atom. The van der Waals surface area contributed by atoms with Gasteiger partial charge in [-0.3, -0.25) is 14.2 Å². The van der Waals surface area contributed by atoms with Gasteiger partial charge in [0.25, 0.3) is 5.91 Å².